The van der Waals surface area contributed by atoms with Gasteiger partial charge in [0.1, 0.15) is 6.10 Å². The van der Waals surface area contributed by atoms with Crippen molar-refractivity contribution in [2.75, 3.05) is 32.7 Å². The molecule has 4 nitrogen and oxygen atoms in total. The highest BCUT2D eigenvalue weighted by atomic mass is 16.6. The summed E-state index contributed by atoms with van der Waals surface area (Å²) in [6.45, 7) is 12.9. The zero-order valence-corrected chi connectivity index (χ0v) is 18.4. The summed E-state index contributed by atoms with van der Waals surface area (Å²) in [5.41, 5.74) is 3.09. The highest BCUT2D eigenvalue weighted by Gasteiger charge is 2.55. The molecular weight excluding hydrogens is 372 g/mol. The first-order valence-corrected chi connectivity index (χ1v) is 11.9. The van der Waals surface area contributed by atoms with Crippen LogP contribution in [0.1, 0.15) is 44.6 Å². The molecule has 4 heteroatoms. The molecule has 4 aliphatic rings. The predicted molar refractivity (Wildman–Crippen MR) is 119 cm³/mol. The predicted octanol–water partition coefficient (Wildman–Crippen LogP) is 4.12. The van der Waals surface area contributed by atoms with Gasteiger partial charge in [-0.15, -0.1) is 0 Å². The molecule has 2 aliphatic carbocycles. The van der Waals surface area contributed by atoms with Crippen LogP contribution in [-0.2, 0) is 16.1 Å². The van der Waals surface area contributed by atoms with Crippen molar-refractivity contribution in [1.29, 1.82) is 0 Å². The average Bonchev–Trinajstić information content (AvgIpc) is 3.02. The molecule has 2 heterocycles. The Hall–Kier alpha value is -1.65. The normalized spacial score (nSPS) is 37.5. The molecule has 2 saturated carbocycles. The molecule has 162 valence electrons. The third-order valence-corrected chi connectivity index (χ3v) is 8.49. The topological polar surface area (TPSA) is 32.8 Å². The summed E-state index contributed by atoms with van der Waals surface area (Å²) < 4.78 is 5.96. The second-order valence-electron chi connectivity index (χ2n) is 10.5. The molecule has 0 N–H and O–H groups in total. The van der Waals surface area contributed by atoms with Crippen LogP contribution in [0.4, 0.5) is 0 Å². The van der Waals surface area contributed by atoms with Gasteiger partial charge in [-0.25, -0.2) is 0 Å². The van der Waals surface area contributed by atoms with E-state index in [2.05, 4.69) is 53.6 Å². The highest BCUT2D eigenvalue weighted by molar-refractivity contribution is 5.75. The number of benzene rings is 1. The summed E-state index contributed by atoms with van der Waals surface area (Å²) >= 11 is 0. The van der Waals surface area contributed by atoms with Gasteiger partial charge in [0.05, 0.1) is 5.92 Å². The number of rotatable bonds is 4. The monoisotopic (exact) mass is 408 g/mol. The van der Waals surface area contributed by atoms with E-state index in [0.717, 1.165) is 52.1 Å². The van der Waals surface area contributed by atoms with E-state index in [1.54, 1.807) is 0 Å². The lowest BCUT2D eigenvalue weighted by atomic mass is 9.55. The van der Waals surface area contributed by atoms with Crippen LogP contribution in [-0.4, -0.2) is 54.6 Å². The molecule has 0 aromatic heterocycles. The third-order valence-electron chi connectivity index (χ3n) is 8.49. The van der Waals surface area contributed by atoms with Gasteiger partial charge < -0.3 is 4.74 Å². The summed E-state index contributed by atoms with van der Waals surface area (Å²) in [4.78, 5) is 17.9. The minimum absolute atomic E-state index is 0.0509. The van der Waals surface area contributed by atoms with Crippen LogP contribution in [0.3, 0.4) is 0 Å². The Morgan fingerprint density at radius 1 is 1.13 bits per heavy atom. The summed E-state index contributed by atoms with van der Waals surface area (Å²) in [6.07, 6.45) is 5.94. The number of carbonyl (C=O) groups excluding carboxylic acids is 1. The zero-order chi connectivity index (χ0) is 20.7. The van der Waals surface area contributed by atoms with Crippen molar-refractivity contribution in [3.63, 3.8) is 0 Å². The fraction of sp³-hybridized carbons (Fsp3) is 0.654. The number of nitrogens with zero attached hydrogens (tertiary/aromatic N) is 2. The maximum Gasteiger partial charge on any atom is 0.310 e. The van der Waals surface area contributed by atoms with Gasteiger partial charge >= 0.3 is 5.97 Å². The number of hydrogen-bond donors (Lipinski definition) is 0. The van der Waals surface area contributed by atoms with E-state index in [1.807, 2.05) is 0 Å². The van der Waals surface area contributed by atoms with Crippen LogP contribution in [0.5, 0.6) is 0 Å². The van der Waals surface area contributed by atoms with Crippen molar-refractivity contribution in [1.82, 2.24) is 9.80 Å². The molecule has 0 bridgehead atoms. The van der Waals surface area contributed by atoms with Crippen molar-refractivity contribution in [2.45, 2.75) is 51.7 Å². The number of carbonyl (C=O) groups is 1. The molecule has 0 unspecified atom stereocenters. The van der Waals surface area contributed by atoms with Crippen molar-refractivity contribution in [3.05, 3.63) is 48.0 Å². The van der Waals surface area contributed by atoms with Gasteiger partial charge in [0.15, 0.2) is 0 Å². The van der Waals surface area contributed by atoms with Crippen LogP contribution in [0.2, 0.25) is 0 Å². The minimum Gasteiger partial charge on any atom is -0.462 e. The second-order valence-corrected chi connectivity index (χ2v) is 10.5. The van der Waals surface area contributed by atoms with Gasteiger partial charge in [-0.1, -0.05) is 49.4 Å². The number of fused-ring (bicyclic) bond motifs is 2. The second kappa shape index (κ2) is 8.12. The van der Waals surface area contributed by atoms with Crippen molar-refractivity contribution in [2.24, 2.45) is 23.2 Å². The molecule has 2 aliphatic heterocycles. The SMILES string of the molecule is C=C1CCC[C@]2(C)C[C@H]3OC(=O)[C@@H](CN4CCN(Cc5ccccc5)CC4)[C@@H]3C[C@H]12. The average molecular weight is 409 g/mol. The number of hydrogen-bond acceptors (Lipinski definition) is 4. The summed E-state index contributed by atoms with van der Waals surface area (Å²) in [7, 11) is 0. The first-order valence-electron chi connectivity index (χ1n) is 11.9. The van der Waals surface area contributed by atoms with Gasteiger partial charge in [-0.05, 0) is 49.0 Å². The van der Waals surface area contributed by atoms with Crippen LogP contribution in [0.25, 0.3) is 0 Å². The molecular formula is C26H36N2O2. The Morgan fingerprint density at radius 2 is 1.87 bits per heavy atom. The fourth-order valence-electron chi connectivity index (χ4n) is 6.71. The quantitative estimate of drug-likeness (QED) is 0.554. The van der Waals surface area contributed by atoms with Crippen LogP contribution in [0.15, 0.2) is 42.5 Å². The Labute approximate surface area is 181 Å². The molecule has 0 radical (unpaired) electrons. The molecule has 5 atom stereocenters. The minimum atomic E-state index is 0.0509. The lowest BCUT2D eigenvalue weighted by Gasteiger charge is -2.50. The molecule has 1 aromatic rings. The van der Waals surface area contributed by atoms with Crippen molar-refractivity contribution in [3.8, 4) is 0 Å². The van der Waals surface area contributed by atoms with Crippen LogP contribution < -0.4 is 0 Å². The molecule has 4 fully saturated rings. The summed E-state index contributed by atoms with van der Waals surface area (Å²) in [6, 6.07) is 10.7. The Kier molecular flexibility index (Phi) is 5.49. The first kappa shape index (κ1) is 20.3. The van der Waals surface area contributed by atoms with Crippen LogP contribution >= 0.6 is 0 Å². The summed E-state index contributed by atoms with van der Waals surface area (Å²) in [5, 5.41) is 0. The van der Waals surface area contributed by atoms with E-state index >= 15 is 0 Å². The maximum atomic E-state index is 12.8. The molecule has 30 heavy (non-hydrogen) atoms. The number of esters is 1. The lowest BCUT2D eigenvalue weighted by molar-refractivity contribution is -0.146. The fourth-order valence-corrected chi connectivity index (χ4v) is 6.71. The van der Waals surface area contributed by atoms with Gasteiger partial charge in [-0.3, -0.25) is 14.6 Å². The highest BCUT2D eigenvalue weighted by Crippen LogP contribution is 2.56. The maximum absolute atomic E-state index is 12.8. The first-order chi connectivity index (χ1) is 14.5. The van der Waals surface area contributed by atoms with E-state index < -0.39 is 0 Å². The molecule has 0 amide bonds. The van der Waals surface area contributed by atoms with Gasteiger partial charge in [-0.2, -0.15) is 0 Å². The van der Waals surface area contributed by atoms with Gasteiger partial charge in [0.2, 0.25) is 0 Å². The standard InChI is InChI=1S/C26H36N2O2/c1-19-7-6-10-26(2)16-24-21(15-23(19)26)22(25(29)30-24)18-28-13-11-27(12-14-28)17-20-8-4-3-5-9-20/h3-5,8-9,21-24H,1,6-7,10-18H2,2H3/t21-,22-,23+,24+,26+/m0/s1. The Bertz CT molecular complexity index is 785. The van der Waals surface area contributed by atoms with Gasteiger partial charge in [0, 0.05) is 45.2 Å². The lowest BCUT2D eigenvalue weighted by Crippen LogP contribution is -2.49. The molecule has 2 saturated heterocycles. The van der Waals surface area contributed by atoms with E-state index in [0.29, 0.717) is 11.8 Å². The smallest absolute Gasteiger partial charge is 0.310 e. The zero-order valence-electron chi connectivity index (χ0n) is 18.4. The van der Waals surface area contributed by atoms with Gasteiger partial charge in [0.25, 0.3) is 0 Å². The molecule has 1 aromatic carbocycles. The number of piperazine rings is 1. The van der Waals surface area contributed by atoms with E-state index in [-0.39, 0.29) is 23.4 Å². The number of allylic oxidation sites excluding steroid dienone is 1. The molecule has 0 spiro atoms. The van der Waals surface area contributed by atoms with Crippen molar-refractivity contribution >= 4 is 5.97 Å². The van der Waals surface area contributed by atoms with E-state index in [9.17, 15) is 4.79 Å². The Morgan fingerprint density at radius 3 is 2.63 bits per heavy atom. The van der Waals surface area contributed by atoms with E-state index in [4.69, 9.17) is 4.74 Å². The largest absolute Gasteiger partial charge is 0.462 e. The number of ether oxygens (including phenoxy) is 1. The Balaban J connectivity index is 1.19. The van der Waals surface area contributed by atoms with E-state index in [1.165, 1.54) is 30.4 Å². The third kappa shape index (κ3) is 3.85. The van der Waals surface area contributed by atoms with Crippen LogP contribution in [0, 0.1) is 23.2 Å². The summed E-state index contributed by atoms with van der Waals surface area (Å²) in [5.74, 6) is 1.07. The molecule has 5 rings (SSSR count). The van der Waals surface area contributed by atoms with Crippen molar-refractivity contribution < 1.29 is 9.53 Å².